The molecule has 1 unspecified atom stereocenters. The first kappa shape index (κ1) is 21.6. The summed E-state index contributed by atoms with van der Waals surface area (Å²) in [5.74, 6) is 2.01. The second kappa shape index (κ2) is 9.58. The zero-order valence-electron chi connectivity index (χ0n) is 17.6. The lowest BCUT2D eigenvalue weighted by Crippen LogP contribution is -2.27. The number of rotatable bonds is 8. The van der Waals surface area contributed by atoms with Crippen molar-refractivity contribution in [3.8, 4) is 22.9 Å². The Kier molecular flexibility index (Phi) is 6.89. The van der Waals surface area contributed by atoms with E-state index in [0.29, 0.717) is 22.8 Å². The van der Waals surface area contributed by atoms with E-state index in [-0.39, 0.29) is 18.4 Å². The van der Waals surface area contributed by atoms with Gasteiger partial charge in [0, 0.05) is 30.2 Å². The number of hydrogen-bond acceptors (Lipinski definition) is 5. The number of nitrogens with one attached hydrogen (secondary N) is 2. The molecule has 0 radical (unpaired) electrons. The highest BCUT2D eigenvalue weighted by Crippen LogP contribution is 2.29. The molecule has 1 amide bonds. The van der Waals surface area contributed by atoms with Gasteiger partial charge in [-0.3, -0.25) is 14.5 Å². The van der Waals surface area contributed by atoms with Gasteiger partial charge in [-0.1, -0.05) is 23.8 Å². The average Bonchev–Trinajstić information content (AvgIpc) is 3.12. The molecule has 1 aromatic heterocycles. The zero-order chi connectivity index (χ0) is 21.7. The molecule has 158 valence electrons. The van der Waals surface area contributed by atoms with Gasteiger partial charge >= 0.3 is 0 Å². The van der Waals surface area contributed by atoms with Gasteiger partial charge in [-0.2, -0.15) is 5.10 Å². The summed E-state index contributed by atoms with van der Waals surface area (Å²) in [4.78, 5) is 12.6. The van der Waals surface area contributed by atoms with Gasteiger partial charge in [-0.25, -0.2) is 0 Å². The smallest absolute Gasteiger partial charge is 0.222 e. The monoisotopic (exact) mass is 426 g/mol. The highest BCUT2D eigenvalue weighted by Gasteiger charge is 2.16. The second-order valence-corrected chi connectivity index (χ2v) is 7.41. The first-order valence-corrected chi connectivity index (χ1v) is 10.1. The predicted molar refractivity (Wildman–Crippen MR) is 118 cm³/mol. The van der Waals surface area contributed by atoms with E-state index in [1.165, 1.54) is 0 Å². The highest BCUT2D eigenvalue weighted by molar-refractivity contribution is 7.71. The van der Waals surface area contributed by atoms with Crippen LogP contribution < -0.4 is 14.8 Å². The van der Waals surface area contributed by atoms with Crippen LogP contribution in [-0.2, 0) is 11.3 Å². The maximum Gasteiger partial charge on any atom is 0.222 e. The summed E-state index contributed by atoms with van der Waals surface area (Å²) in [5.41, 5.74) is 2.97. The lowest BCUT2D eigenvalue weighted by atomic mass is 10.1. The van der Waals surface area contributed by atoms with Crippen LogP contribution in [0.1, 0.15) is 30.5 Å². The van der Waals surface area contributed by atoms with E-state index in [1.807, 2.05) is 54.8 Å². The number of benzene rings is 2. The Morgan fingerprint density at radius 3 is 2.73 bits per heavy atom. The summed E-state index contributed by atoms with van der Waals surface area (Å²) in [5, 5.41) is 10.2. The Morgan fingerprint density at radius 2 is 2.03 bits per heavy atom. The molecule has 7 nitrogen and oxygen atoms in total. The predicted octanol–water partition coefficient (Wildman–Crippen LogP) is 4.20. The number of aromatic amines is 1. The van der Waals surface area contributed by atoms with E-state index in [1.54, 1.807) is 20.3 Å². The van der Waals surface area contributed by atoms with E-state index in [4.69, 9.17) is 21.7 Å². The Hall–Kier alpha value is -3.13. The van der Waals surface area contributed by atoms with Crippen LogP contribution in [-0.4, -0.2) is 34.9 Å². The van der Waals surface area contributed by atoms with Crippen molar-refractivity contribution >= 4 is 18.1 Å². The van der Waals surface area contributed by atoms with Crippen molar-refractivity contribution in [3.63, 3.8) is 0 Å². The molecule has 2 N–H and O–H groups in total. The fourth-order valence-electron chi connectivity index (χ4n) is 3.31. The first-order valence-electron chi connectivity index (χ1n) is 9.66. The second-order valence-electron chi connectivity index (χ2n) is 7.02. The highest BCUT2D eigenvalue weighted by atomic mass is 32.1. The Balaban J connectivity index is 1.69. The van der Waals surface area contributed by atoms with Gasteiger partial charge in [-0.15, -0.1) is 0 Å². The maximum atomic E-state index is 12.6. The Labute approximate surface area is 181 Å². The van der Waals surface area contributed by atoms with Crippen molar-refractivity contribution < 1.29 is 14.3 Å². The molecule has 0 aliphatic rings. The molecular weight excluding hydrogens is 400 g/mol. The summed E-state index contributed by atoms with van der Waals surface area (Å²) in [6.45, 7) is 4.37. The van der Waals surface area contributed by atoms with E-state index in [0.717, 1.165) is 22.5 Å². The third-order valence-electron chi connectivity index (χ3n) is 4.88. The van der Waals surface area contributed by atoms with Gasteiger partial charge in [0.1, 0.15) is 11.5 Å². The number of nitrogens with zero attached hydrogens (tertiary/aromatic N) is 2. The number of hydrogen-bond donors (Lipinski definition) is 2. The lowest BCUT2D eigenvalue weighted by Gasteiger charge is -2.18. The molecule has 0 bridgehead atoms. The van der Waals surface area contributed by atoms with E-state index in [2.05, 4.69) is 15.5 Å². The molecule has 1 atom stereocenters. The topological polar surface area (TPSA) is 81.2 Å². The number of ether oxygens (including phenoxy) is 2. The quantitative estimate of drug-likeness (QED) is 0.528. The third kappa shape index (κ3) is 4.88. The summed E-state index contributed by atoms with van der Waals surface area (Å²) < 4.78 is 13.0. The van der Waals surface area contributed by atoms with Crippen molar-refractivity contribution in [1.82, 2.24) is 20.1 Å². The van der Waals surface area contributed by atoms with Crippen LogP contribution in [0.5, 0.6) is 11.5 Å². The SMILES string of the molecule is COc1ccc(C(C)NC(=O)CCn2c(-c3cccc(C)c3)n[nH]c2=S)c(OC)c1. The molecule has 8 heteroatoms. The number of carbonyl (C=O) groups is 1. The summed E-state index contributed by atoms with van der Waals surface area (Å²) >= 11 is 5.36. The molecule has 0 fully saturated rings. The van der Waals surface area contributed by atoms with Crippen LogP contribution in [0.15, 0.2) is 42.5 Å². The summed E-state index contributed by atoms with van der Waals surface area (Å²) in [6.07, 6.45) is 0.273. The normalized spacial score (nSPS) is 11.7. The van der Waals surface area contributed by atoms with E-state index in [9.17, 15) is 4.79 Å². The molecule has 0 saturated heterocycles. The molecule has 30 heavy (non-hydrogen) atoms. The summed E-state index contributed by atoms with van der Waals surface area (Å²) in [6, 6.07) is 13.3. The van der Waals surface area contributed by atoms with Crippen molar-refractivity contribution in [1.29, 1.82) is 0 Å². The minimum absolute atomic E-state index is 0.0846. The molecule has 2 aromatic carbocycles. The number of H-pyrrole nitrogens is 1. The molecule has 3 aromatic rings. The molecule has 3 rings (SSSR count). The van der Waals surface area contributed by atoms with E-state index < -0.39 is 0 Å². The minimum Gasteiger partial charge on any atom is -0.497 e. The first-order chi connectivity index (χ1) is 14.4. The van der Waals surface area contributed by atoms with E-state index >= 15 is 0 Å². The van der Waals surface area contributed by atoms with Crippen LogP contribution in [0.25, 0.3) is 11.4 Å². The van der Waals surface area contributed by atoms with Crippen molar-refractivity contribution in [2.75, 3.05) is 14.2 Å². The van der Waals surface area contributed by atoms with Crippen molar-refractivity contribution in [2.45, 2.75) is 32.9 Å². The molecule has 0 aliphatic heterocycles. The van der Waals surface area contributed by atoms with Gasteiger partial charge in [0.2, 0.25) is 5.91 Å². The molecule has 1 heterocycles. The molecular formula is C22H26N4O3S. The van der Waals surface area contributed by atoms with Crippen LogP contribution >= 0.6 is 12.2 Å². The van der Waals surface area contributed by atoms with Gasteiger partial charge in [0.05, 0.1) is 20.3 Å². The zero-order valence-corrected chi connectivity index (χ0v) is 18.4. The Morgan fingerprint density at radius 1 is 1.23 bits per heavy atom. The summed E-state index contributed by atoms with van der Waals surface area (Å²) in [7, 11) is 3.20. The van der Waals surface area contributed by atoms with Gasteiger partial charge in [-0.05, 0) is 44.3 Å². The average molecular weight is 427 g/mol. The van der Waals surface area contributed by atoms with Crippen molar-refractivity contribution in [2.24, 2.45) is 0 Å². The van der Waals surface area contributed by atoms with Crippen LogP contribution in [0, 0.1) is 11.7 Å². The fourth-order valence-corrected chi connectivity index (χ4v) is 3.53. The molecule has 0 aliphatic carbocycles. The number of aryl methyl sites for hydroxylation is 1. The standard InChI is InChI=1S/C22H26N4O3S/c1-14-6-5-7-16(12-14)21-24-25-22(30)26(21)11-10-20(27)23-15(2)18-9-8-17(28-3)13-19(18)29-4/h5-9,12-13,15H,10-11H2,1-4H3,(H,23,27)(H,25,30). The third-order valence-corrected chi connectivity index (χ3v) is 5.19. The maximum absolute atomic E-state index is 12.6. The van der Waals surface area contributed by atoms with Crippen LogP contribution in [0.3, 0.4) is 0 Å². The number of aromatic nitrogens is 3. The lowest BCUT2D eigenvalue weighted by molar-refractivity contribution is -0.121. The minimum atomic E-state index is -0.216. The molecule has 0 spiro atoms. The Bertz CT molecular complexity index is 1090. The number of amides is 1. The van der Waals surface area contributed by atoms with Crippen LogP contribution in [0.2, 0.25) is 0 Å². The molecule has 0 saturated carbocycles. The number of carbonyl (C=O) groups excluding carboxylic acids is 1. The van der Waals surface area contributed by atoms with Crippen LogP contribution in [0.4, 0.5) is 0 Å². The van der Waals surface area contributed by atoms with Gasteiger partial charge in [0.25, 0.3) is 0 Å². The van der Waals surface area contributed by atoms with Gasteiger partial charge in [0.15, 0.2) is 10.6 Å². The van der Waals surface area contributed by atoms with Gasteiger partial charge < -0.3 is 14.8 Å². The largest absolute Gasteiger partial charge is 0.497 e. The van der Waals surface area contributed by atoms with Crippen molar-refractivity contribution in [3.05, 3.63) is 58.4 Å². The number of methoxy groups -OCH3 is 2. The fraction of sp³-hybridized carbons (Fsp3) is 0.318.